The van der Waals surface area contributed by atoms with E-state index in [-0.39, 0.29) is 18.4 Å². The molecule has 2 heterocycles. The van der Waals surface area contributed by atoms with E-state index >= 15 is 0 Å². The summed E-state index contributed by atoms with van der Waals surface area (Å²) >= 11 is 0. The maximum atomic E-state index is 10.8. The number of imidazole rings is 1. The zero-order chi connectivity index (χ0) is 13.0. The van der Waals surface area contributed by atoms with Crippen LogP contribution in [0.5, 0.6) is 0 Å². The molecule has 0 fully saturated rings. The molecule has 0 spiro atoms. The molecular formula is C12H16N4O2. The quantitative estimate of drug-likeness (QED) is 0.782. The number of carbonyl (C=O) groups excluding carboxylic acids is 1. The summed E-state index contributed by atoms with van der Waals surface area (Å²) in [5, 5.41) is 3.22. The monoisotopic (exact) mass is 248 g/mol. The first-order valence-corrected chi connectivity index (χ1v) is 5.71. The first-order chi connectivity index (χ1) is 8.68. The van der Waals surface area contributed by atoms with Gasteiger partial charge in [-0.1, -0.05) is 0 Å². The van der Waals surface area contributed by atoms with Crippen LogP contribution in [0, 0.1) is 0 Å². The van der Waals surface area contributed by atoms with Gasteiger partial charge in [-0.2, -0.15) is 0 Å². The second-order valence-corrected chi connectivity index (χ2v) is 4.02. The molecule has 0 aliphatic heterocycles. The fraction of sp³-hybridized carbons (Fsp3) is 0.333. The van der Waals surface area contributed by atoms with Gasteiger partial charge in [0.05, 0.1) is 6.26 Å². The Hall–Kier alpha value is -2.08. The van der Waals surface area contributed by atoms with Gasteiger partial charge in [0, 0.05) is 32.4 Å². The highest BCUT2D eigenvalue weighted by Crippen LogP contribution is 2.20. The van der Waals surface area contributed by atoms with Crippen molar-refractivity contribution in [3.8, 4) is 0 Å². The van der Waals surface area contributed by atoms with Gasteiger partial charge >= 0.3 is 0 Å². The van der Waals surface area contributed by atoms with Crippen molar-refractivity contribution in [2.75, 3.05) is 6.54 Å². The number of nitrogens with one attached hydrogen (secondary N) is 1. The SMILES string of the molecule is Cn1ccnc1C(NCCC(N)=O)c1ccco1. The van der Waals surface area contributed by atoms with Crippen molar-refractivity contribution in [3.05, 3.63) is 42.4 Å². The molecule has 3 N–H and O–H groups in total. The standard InChI is InChI=1S/C12H16N4O2/c1-16-7-6-15-12(16)11(9-3-2-8-18-9)14-5-4-10(13)17/h2-3,6-8,11,14H,4-5H2,1H3,(H2,13,17). The summed E-state index contributed by atoms with van der Waals surface area (Å²) in [4.78, 5) is 15.1. The molecule has 0 aromatic carbocycles. The molecule has 2 aromatic rings. The van der Waals surface area contributed by atoms with E-state index in [1.165, 1.54) is 0 Å². The van der Waals surface area contributed by atoms with Crippen molar-refractivity contribution in [2.24, 2.45) is 12.8 Å². The van der Waals surface area contributed by atoms with Gasteiger partial charge in [0.1, 0.15) is 17.6 Å². The summed E-state index contributed by atoms with van der Waals surface area (Å²) in [6.07, 6.45) is 5.48. The summed E-state index contributed by atoms with van der Waals surface area (Å²) < 4.78 is 7.31. The van der Waals surface area contributed by atoms with Crippen LogP contribution in [0.4, 0.5) is 0 Å². The molecule has 0 radical (unpaired) electrons. The molecule has 6 heteroatoms. The van der Waals surface area contributed by atoms with E-state index < -0.39 is 0 Å². The molecule has 2 rings (SSSR count). The predicted octanol–water partition coefficient (Wildman–Crippen LogP) is 0.568. The third kappa shape index (κ3) is 2.78. The number of primary amides is 1. The van der Waals surface area contributed by atoms with Gasteiger partial charge in [-0.05, 0) is 12.1 Å². The number of hydrogen-bond donors (Lipinski definition) is 2. The van der Waals surface area contributed by atoms with E-state index in [9.17, 15) is 4.79 Å². The summed E-state index contributed by atoms with van der Waals surface area (Å²) in [5.41, 5.74) is 5.12. The molecule has 0 aliphatic carbocycles. The lowest BCUT2D eigenvalue weighted by atomic mass is 10.2. The maximum Gasteiger partial charge on any atom is 0.218 e. The maximum absolute atomic E-state index is 10.8. The van der Waals surface area contributed by atoms with Gasteiger partial charge in [-0.15, -0.1) is 0 Å². The van der Waals surface area contributed by atoms with Gasteiger partial charge in [0.15, 0.2) is 0 Å². The Balaban J connectivity index is 2.14. The zero-order valence-corrected chi connectivity index (χ0v) is 10.2. The molecule has 1 unspecified atom stereocenters. The van der Waals surface area contributed by atoms with Crippen molar-refractivity contribution >= 4 is 5.91 Å². The lowest BCUT2D eigenvalue weighted by Crippen LogP contribution is -2.28. The van der Waals surface area contributed by atoms with Gasteiger partial charge in [-0.3, -0.25) is 4.79 Å². The number of nitrogens with zero attached hydrogens (tertiary/aromatic N) is 2. The molecule has 1 amide bonds. The molecule has 1 atom stereocenters. The third-order valence-electron chi connectivity index (χ3n) is 2.66. The van der Waals surface area contributed by atoms with Gasteiger partial charge < -0.3 is 20.0 Å². The fourth-order valence-corrected chi connectivity index (χ4v) is 1.77. The van der Waals surface area contributed by atoms with E-state index in [1.54, 1.807) is 12.5 Å². The molecule has 0 aliphatic rings. The minimum Gasteiger partial charge on any atom is -0.467 e. The zero-order valence-electron chi connectivity index (χ0n) is 10.2. The van der Waals surface area contributed by atoms with Crippen molar-refractivity contribution in [3.63, 3.8) is 0 Å². The number of aromatic nitrogens is 2. The molecule has 18 heavy (non-hydrogen) atoms. The minimum atomic E-state index is -0.333. The Morgan fingerprint density at radius 3 is 3.06 bits per heavy atom. The van der Waals surface area contributed by atoms with E-state index in [1.807, 2.05) is 29.9 Å². The predicted molar refractivity (Wildman–Crippen MR) is 65.6 cm³/mol. The topological polar surface area (TPSA) is 86.1 Å². The van der Waals surface area contributed by atoms with Crippen LogP contribution >= 0.6 is 0 Å². The Labute approximate surface area is 105 Å². The Morgan fingerprint density at radius 1 is 1.67 bits per heavy atom. The minimum absolute atomic E-state index is 0.181. The van der Waals surface area contributed by atoms with Crippen molar-refractivity contribution in [2.45, 2.75) is 12.5 Å². The Bertz CT molecular complexity index is 504. The average molecular weight is 248 g/mol. The smallest absolute Gasteiger partial charge is 0.218 e. The lowest BCUT2D eigenvalue weighted by Gasteiger charge is -2.16. The highest BCUT2D eigenvalue weighted by molar-refractivity contribution is 5.73. The second kappa shape index (κ2) is 5.50. The van der Waals surface area contributed by atoms with Crippen LogP contribution in [0.3, 0.4) is 0 Å². The van der Waals surface area contributed by atoms with E-state index in [2.05, 4.69) is 10.3 Å². The Morgan fingerprint density at radius 2 is 2.50 bits per heavy atom. The number of furan rings is 1. The number of hydrogen-bond acceptors (Lipinski definition) is 4. The van der Waals surface area contributed by atoms with Crippen LogP contribution in [0.1, 0.15) is 24.0 Å². The highest BCUT2D eigenvalue weighted by atomic mass is 16.3. The van der Waals surface area contributed by atoms with Crippen molar-refractivity contribution in [1.82, 2.24) is 14.9 Å². The Kier molecular flexibility index (Phi) is 3.78. The van der Waals surface area contributed by atoms with E-state index in [0.717, 1.165) is 11.6 Å². The average Bonchev–Trinajstić information content (AvgIpc) is 2.96. The number of nitrogens with two attached hydrogens (primary N) is 1. The number of rotatable bonds is 6. The first-order valence-electron chi connectivity index (χ1n) is 5.71. The van der Waals surface area contributed by atoms with E-state index in [0.29, 0.717) is 6.54 Å². The van der Waals surface area contributed by atoms with Crippen LogP contribution in [-0.4, -0.2) is 22.0 Å². The molecule has 96 valence electrons. The summed E-state index contributed by atoms with van der Waals surface area (Å²) in [6, 6.07) is 3.51. The second-order valence-electron chi connectivity index (χ2n) is 4.02. The summed E-state index contributed by atoms with van der Waals surface area (Å²) in [6.45, 7) is 0.480. The molecule has 2 aromatic heterocycles. The number of aryl methyl sites for hydroxylation is 1. The molecular weight excluding hydrogens is 232 g/mol. The van der Waals surface area contributed by atoms with Crippen molar-refractivity contribution < 1.29 is 9.21 Å². The van der Waals surface area contributed by atoms with Gasteiger partial charge in [-0.25, -0.2) is 4.98 Å². The van der Waals surface area contributed by atoms with Crippen LogP contribution in [0.15, 0.2) is 35.2 Å². The molecule has 0 saturated carbocycles. The van der Waals surface area contributed by atoms with Gasteiger partial charge in [0.25, 0.3) is 0 Å². The normalized spacial score (nSPS) is 12.5. The van der Waals surface area contributed by atoms with E-state index in [4.69, 9.17) is 10.2 Å². The molecule has 0 bridgehead atoms. The fourth-order valence-electron chi connectivity index (χ4n) is 1.77. The molecule has 6 nitrogen and oxygen atoms in total. The molecule has 0 saturated heterocycles. The highest BCUT2D eigenvalue weighted by Gasteiger charge is 2.20. The van der Waals surface area contributed by atoms with Crippen LogP contribution in [-0.2, 0) is 11.8 Å². The van der Waals surface area contributed by atoms with Crippen LogP contribution in [0.25, 0.3) is 0 Å². The van der Waals surface area contributed by atoms with Crippen molar-refractivity contribution in [1.29, 1.82) is 0 Å². The van der Waals surface area contributed by atoms with Gasteiger partial charge in [0.2, 0.25) is 5.91 Å². The number of carbonyl (C=O) groups is 1. The largest absolute Gasteiger partial charge is 0.467 e. The number of amides is 1. The summed E-state index contributed by atoms with van der Waals surface area (Å²) in [7, 11) is 1.91. The third-order valence-corrected chi connectivity index (χ3v) is 2.66. The van der Waals surface area contributed by atoms with Crippen LogP contribution in [0.2, 0.25) is 0 Å². The van der Waals surface area contributed by atoms with Crippen LogP contribution < -0.4 is 11.1 Å². The summed E-state index contributed by atoms with van der Waals surface area (Å²) in [5.74, 6) is 1.25. The lowest BCUT2D eigenvalue weighted by molar-refractivity contribution is -0.117. The first kappa shape index (κ1) is 12.4.